The topological polar surface area (TPSA) is 32.3 Å². The van der Waals surface area contributed by atoms with E-state index in [2.05, 4.69) is 11.9 Å². The first-order chi connectivity index (χ1) is 8.95. The van der Waals surface area contributed by atoms with Gasteiger partial charge >= 0.3 is 0 Å². The van der Waals surface area contributed by atoms with Crippen molar-refractivity contribution in [3.05, 3.63) is 48.1 Å². The van der Waals surface area contributed by atoms with Crippen LogP contribution in [0.3, 0.4) is 0 Å². The largest absolute Gasteiger partial charge is 0.352 e. The summed E-state index contributed by atoms with van der Waals surface area (Å²) in [5.41, 5.74) is 0.623. The van der Waals surface area contributed by atoms with E-state index in [-0.39, 0.29) is 18.5 Å². The van der Waals surface area contributed by atoms with E-state index in [1.54, 1.807) is 18.0 Å². The summed E-state index contributed by atoms with van der Waals surface area (Å²) in [7, 11) is 1.75. The first-order valence-electron chi connectivity index (χ1n) is 5.98. The summed E-state index contributed by atoms with van der Waals surface area (Å²) >= 11 is 0. The van der Waals surface area contributed by atoms with Crippen LogP contribution in [0.1, 0.15) is 18.5 Å². The van der Waals surface area contributed by atoms with Gasteiger partial charge in [0.05, 0.1) is 6.54 Å². The molecule has 5 heteroatoms. The zero-order valence-electron chi connectivity index (χ0n) is 11.1. The van der Waals surface area contributed by atoms with Crippen LogP contribution in [0.15, 0.2) is 30.9 Å². The van der Waals surface area contributed by atoms with Gasteiger partial charge in [0.15, 0.2) is 11.6 Å². The number of nitrogens with one attached hydrogen (secondary N) is 1. The maximum Gasteiger partial charge on any atom is 0.234 e. The molecule has 19 heavy (non-hydrogen) atoms. The highest BCUT2D eigenvalue weighted by Gasteiger charge is 2.16. The minimum absolute atomic E-state index is 0.142. The van der Waals surface area contributed by atoms with Gasteiger partial charge in [0, 0.05) is 12.6 Å². The number of carbonyl (C=O) groups excluding carboxylic acids is 1. The number of hydrogen-bond donors (Lipinski definition) is 1. The van der Waals surface area contributed by atoms with Crippen molar-refractivity contribution in [3.63, 3.8) is 0 Å². The molecule has 0 bridgehead atoms. The van der Waals surface area contributed by atoms with Crippen molar-refractivity contribution in [2.24, 2.45) is 0 Å². The second kappa shape index (κ2) is 6.99. The fraction of sp³-hybridized carbons (Fsp3) is 0.357. The third kappa shape index (κ3) is 4.44. The van der Waals surface area contributed by atoms with Gasteiger partial charge < -0.3 is 5.32 Å². The zero-order valence-corrected chi connectivity index (χ0v) is 11.1. The standard InChI is InChI=1S/C14H18F2N2O/c1-4-7-17-14(19)9-18(3)10(2)11-5-6-12(15)13(16)8-11/h4-6,8,10H,1,7,9H2,2-3H3,(H,17,19). The van der Waals surface area contributed by atoms with Crippen molar-refractivity contribution in [1.29, 1.82) is 0 Å². The number of amides is 1. The van der Waals surface area contributed by atoms with Gasteiger partial charge in [-0.15, -0.1) is 6.58 Å². The fourth-order valence-electron chi connectivity index (χ4n) is 1.63. The number of carbonyl (C=O) groups is 1. The molecule has 104 valence electrons. The lowest BCUT2D eigenvalue weighted by molar-refractivity contribution is -0.122. The molecule has 1 aromatic carbocycles. The Morgan fingerprint density at radius 3 is 2.74 bits per heavy atom. The zero-order chi connectivity index (χ0) is 14.4. The van der Waals surface area contributed by atoms with Gasteiger partial charge in [-0.25, -0.2) is 8.78 Å². The van der Waals surface area contributed by atoms with E-state index in [4.69, 9.17) is 0 Å². The number of nitrogens with zero attached hydrogens (tertiary/aromatic N) is 1. The van der Waals surface area contributed by atoms with E-state index < -0.39 is 11.6 Å². The Hall–Kier alpha value is -1.75. The molecule has 1 aromatic rings. The molecule has 1 rings (SSSR count). The molecule has 0 fully saturated rings. The molecule has 1 unspecified atom stereocenters. The molecule has 0 saturated carbocycles. The molecule has 0 radical (unpaired) electrons. The Morgan fingerprint density at radius 1 is 1.47 bits per heavy atom. The Kier molecular flexibility index (Phi) is 5.63. The van der Waals surface area contributed by atoms with Crippen molar-refractivity contribution in [2.45, 2.75) is 13.0 Å². The SMILES string of the molecule is C=CCNC(=O)CN(C)C(C)c1ccc(F)c(F)c1. The molecule has 0 aliphatic carbocycles. The predicted molar refractivity (Wildman–Crippen MR) is 70.6 cm³/mol. The quantitative estimate of drug-likeness (QED) is 0.803. The summed E-state index contributed by atoms with van der Waals surface area (Å²) in [5, 5.41) is 2.66. The van der Waals surface area contributed by atoms with E-state index in [1.807, 2.05) is 6.92 Å². The number of benzene rings is 1. The summed E-state index contributed by atoms with van der Waals surface area (Å²) in [6, 6.07) is 3.57. The van der Waals surface area contributed by atoms with Crippen LogP contribution in [0.4, 0.5) is 8.78 Å². The van der Waals surface area contributed by atoms with Gasteiger partial charge in [-0.05, 0) is 31.7 Å². The van der Waals surface area contributed by atoms with E-state index >= 15 is 0 Å². The Labute approximate surface area is 111 Å². The van der Waals surface area contributed by atoms with Crippen LogP contribution in [0.25, 0.3) is 0 Å². The molecular weight excluding hydrogens is 250 g/mol. The van der Waals surface area contributed by atoms with Gasteiger partial charge in [-0.1, -0.05) is 12.1 Å². The predicted octanol–water partition coefficient (Wildman–Crippen LogP) is 2.26. The molecule has 0 spiro atoms. The molecule has 1 atom stereocenters. The third-order valence-corrected chi connectivity index (χ3v) is 2.92. The molecule has 0 aromatic heterocycles. The lowest BCUT2D eigenvalue weighted by Crippen LogP contribution is -2.36. The summed E-state index contributed by atoms with van der Waals surface area (Å²) in [6.45, 7) is 5.92. The first kappa shape index (κ1) is 15.3. The lowest BCUT2D eigenvalue weighted by Gasteiger charge is -2.24. The molecule has 0 aliphatic heterocycles. The average molecular weight is 268 g/mol. The average Bonchev–Trinajstić information content (AvgIpc) is 2.38. The van der Waals surface area contributed by atoms with Gasteiger partial charge in [0.1, 0.15) is 0 Å². The van der Waals surface area contributed by atoms with E-state index in [9.17, 15) is 13.6 Å². The molecule has 0 heterocycles. The molecule has 0 saturated heterocycles. The minimum Gasteiger partial charge on any atom is -0.352 e. The molecule has 1 N–H and O–H groups in total. The molecule has 3 nitrogen and oxygen atoms in total. The van der Waals surface area contributed by atoms with Crippen molar-refractivity contribution in [1.82, 2.24) is 10.2 Å². The number of hydrogen-bond acceptors (Lipinski definition) is 2. The number of rotatable bonds is 6. The van der Waals surface area contributed by atoms with Crippen LogP contribution >= 0.6 is 0 Å². The summed E-state index contributed by atoms with van der Waals surface area (Å²) in [5.74, 6) is -1.90. The van der Waals surface area contributed by atoms with Crippen molar-refractivity contribution >= 4 is 5.91 Å². The van der Waals surface area contributed by atoms with Gasteiger partial charge in [0.25, 0.3) is 0 Å². The van der Waals surface area contributed by atoms with Crippen LogP contribution in [-0.2, 0) is 4.79 Å². The fourth-order valence-corrected chi connectivity index (χ4v) is 1.63. The highest BCUT2D eigenvalue weighted by molar-refractivity contribution is 5.78. The summed E-state index contributed by atoms with van der Waals surface area (Å²) in [4.78, 5) is 13.3. The van der Waals surface area contributed by atoms with E-state index in [1.165, 1.54) is 6.07 Å². The first-order valence-corrected chi connectivity index (χ1v) is 5.98. The van der Waals surface area contributed by atoms with Crippen LogP contribution in [-0.4, -0.2) is 30.9 Å². The Bertz CT molecular complexity index is 463. The molecule has 1 amide bonds. The van der Waals surface area contributed by atoms with Crippen LogP contribution in [0.5, 0.6) is 0 Å². The van der Waals surface area contributed by atoms with E-state index in [0.29, 0.717) is 12.1 Å². The van der Waals surface area contributed by atoms with Crippen molar-refractivity contribution < 1.29 is 13.6 Å². The number of halogens is 2. The monoisotopic (exact) mass is 268 g/mol. The highest BCUT2D eigenvalue weighted by atomic mass is 19.2. The van der Waals surface area contributed by atoms with Crippen LogP contribution in [0, 0.1) is 11.6 Å². The van der Waals surface area contributed by atoms with Gasteiger partial charge in [0.2, 0.25) is 5.91 Å². The highest BCUT2D eigenvalue weighted by Crippen LogP contribution is 2.20. The smallest absolute Gasteiger partial charge is 0.234 e. The molecule has 0 aliphatic rings. The number of likely N-dealkylation sites (N-methyl/N-ethyl adjacent to an activating group) is 1. The summed E-state index contributed by atoms with van der Waals surface area (Å²) in [6.07, 6.45) is 1.59. The molecular formula is C14H18F2N2O. The van der Waals surface area contributed by atoms with Crippen molar-refractivity contribution in [2.75, 3.05) is 20.1 Å². The maximum absolute atomic E-state index is 13.1. The van der Waals surface area contributed by atoms with Gasteiger partial charge in [-0.2, -0.15) is 0 Å². The second-order valence-electron chi connectivity index (χ2n) is 4.36. The Morgan fingerprint density at radius 2 is 2.16 bits per heavy atom. The van der Waals surface area contributed by atoms with Crippen LogP contribution in [0.2, 0.25) is 0 Å². The maximum atomic E-state index is 13.1. The third-order valence-electron chi connectivity index (χ3n) is 2.92. The Balaban J connectivity index is 2.65. The summed E-state index contributed by atoms with van der Waals surface area (Å²) < 4.78 is 26.0. The minimum atomic E-state index is -0.881. The van der Waals surface area contributed by atoms with Crippen molar-refractivity contribution in [3.8, 4) is 0 Å². The normalized spacial score (nSPS) is 12.3. The second-order valence-corrected chi connectivity index (χ2v) is 4.36. The van der Waals surface area contributed by atoms with Gasteiger partial charge in [-0.3, -0.25) is 9.69 Å². The van der Waals surface area contributed by atoms with Crippen LogP contribution < -0.4 is 5.32 Å². The van der Waals surface area contributed by atoms with E-state index in [0.717, 1.165) is 12.1 Å². The lowest BCUT2D eigenvalue weighted by atomic mass is 10.1.